The first-order chi connectivity index (χ1) is 6.81. The zero-order chi connectivity index (χ0) is 11.9. The van der Waals surface area contributed by atoms with Gasteiger partial charge in [-0.05, 0) is 39.4 Å². The third kappa shape index (κ3) is 5.81. The Morgan fingerprint density at radius 1 is 1.20 bits per heavy atom. The first kappa shape index (κ1) is 14.5. The topological polar surface area (TPSA) is 58.0 Å². The molecule has 9 heteroatoms. The lowest BCUT2D eigenvalue weighted by molar-refractivity contribution is -0.141. The molecular formula is C6H8BrF4N3O. The summed E-state index contributed by atoms with van der Waals surface area (Å²) in [5, 5.41) is 1.58. The van der Waals surface area contributed by atoms with Gasteiger partial charge in [-0.25, -0.2) is 0 Å². The lowest BCUT2D eigenvalue weighted by Crippen LogP contribution is -2.31. The molecule has 0 amide bonds. The largest absolute Gasteiger partial charge is 0.397 e. The van der Waals surface area contributed by atoms with E-state index in [1.165, 1.54) is 33.7 Å². The van der Waals surface area contributed by atoms with Crippen LogP contribution in [0.4, 0.5) is 17.6 Å². The molecule has 0 aromatic heterocycles. The van der Waals surface area contributed by atoms with Crippen molar-refractivity contribution in [1.82, 2.24) is 0 Å². The van der Waals surface area contributed by atoms with E-state index in [2.05, 4.69) is 0 Å². The molecule has 1 rings (SSSR count). The number of hydrogen-bond donors (Lipinski definition) is 0. The van der Waals surface area contributed by atoms with Crippen molar-refractivity contribution in [3.8, 4) is 0 Å². The molecule has 0 aromatic rings. The molecule has 0 bridgehead atoms. The van der Waals surface area contributed by atoms with E-state index in [0.717, 1.165) is 13.2 Å². The van der Waals surface area contributed by atoms with Crippen LogP contribution >= 0.6 is 15.9 Å². The van der Waals surface area contributed by atoms with E-state index in [9.17, 15) is 17.6 Å². The highest BCUT2D eigenvalue weighted by Crippen LogP contribution is 2.40. The summed E-state index contributed by atoms with van der Waals surface area (Å²) < 4.78 is 51.5. The van der Waals surface area contributed by atoms with Crippen molar-refractivity contribution in [2.45, 2.75) is 23.7 Å². The van der Waals surface area contributed by atoms with Crippen LogP contribution in [0.3, 0.4) is 0 Å². The molecule has 88 valence electrons. The molecule has 1 heterocycles. The predicted octanol–water partition coefficient (Wildman–Crippen LogP) is 3.67. The van der Waals surface area contributed by atoms with Crippen molar-refractivity contribution in [2.75, 3.05) is 13.2 Å². The molecule has 0 aromatic carbocycles. The van der Waals surface area contributed by atoms with Gasteiger partial charge in [-0.15, -0.1) is 0 Å². The second-order valence-electron chi connectivity index (χ2n) is 2.55. The zero-order valence-electron chi connectivity index (χ0n) is 7.47. The first-order valence-corrected chi connectivity index (χ1v) is 4.69. The van der Waals surface area contributed by atoms with Crippen LogP contribution in [-0.4, -0.2) is 24.1 Å². The Kier molecular flexibility index (Phi) is 5.92. The summed E-state index contributed by atoms with van der Waals surface area (Å²) in [6.07, 6.45) is 2.56. The summed E-state index contributed by atoms with van der Waals surface area (Å²) in [7, 11) is 0. The minimum absolute atomic E-state index is 1.00. The minimum Gasteiger partial charge on any atom is -0.381 e. The second-order valence-corrected chi connectivity index (χ2v) is 3.54. The third-order valence-electron chi connectivity index (χ3n) is 1.34. The molecule has 15 heavy (non-hydrogen) atoms. The van der Waals surface area contributed by atoms with Crippen molar-refractivity contribution < 1.29 is 22.3 Å². The summed E-state index contributed by atoms with van der Waals surface area (Å²) in [4.78, 5) is -2.95. The lowest BCUT2D eigenvalue weighted by Gasteiger charge is -2.14. The number of hydrogen-bond acceptors (Lipinski definition) is 2. The molecular weight excluding hydrogens is 286 g/mol. The van der Waals surface area contributed by atoms with E-state index in [-0.39, 0.29) is 0 Å². The van der Waals surface area contributed by atoms with Gasteiger partial charge in [0.25, 0.3) is 0 Å². The summed E-state index contributed by atoms with van der Waals surface area (Å²) in [6, 6.07) is -4.72. The zero-order valence-corrected chi connectivity index (χ0v) is 9.05. The number of nitrogens with zero attached hydrogens (tertiary/aromatic N) is 3. The number of ether oxygens (including phenoxy) is 1. The van der Waals surface area contributed by atoms with Crippen LogP contribution < -0.4 is 0 Å². The van der Waals surface area contributed by atoms with Crippen LogP contribution in [0, 0.1) is 0 Å². The Morgan fingerprint density at radius 2 is 1.67 bits per heavy atom. The van der Waals surface area contributed by atoms with Gasteiger partial charge >= 0.3 is 10.9 Å². The minimum atomic E-state index is -4.72. The molecule has 1 fully saturated rings. The van der Waals surface area contributed by atoms with Crippen molar-refractivity contribution in [3.05, 3.63) is 10.4 Å². The Morgan fingerprint density at radius 3 is 1.80 bits per heavy atom. The molecule has 1 aliphatic heterocycles. The third-order valence-corrected chi connectivity index (χ3v) is 1.82. The summed E-state index contributed by atoms with van der Waals surface area (Å²) in [5.41, 5.74) is 7.39. The molecule has 1 aliphatic rings. The van der Waals surface area contributed by atoms with Gasteiger partial charge in [0.2, 0.25) is 0 Å². The van der Waals surface area contributed by atoms with E-state index in [4.69, 9.17) is 10.3 Å². The van der Waals surface area contributed by atoms with Gasteiger partial charge in [0, 0.05) is 18.1 Å². The van der Waals surface area contributed by atoms with Gasteiger partial charge in [-0.1, -0.05) is 0 Å². The highest BCUT2D eigenvalue weighted by molar-refractivity contribution is 9.10. The Hall–Kier alpha value is -0.530. The molecule has 0 atom stereocenters. The molecule has 0 aliphatic carbocycles. The number of alkyl halides is 5. The van der Waals surface area contributed by atoms with Crippen molar-refractivity contribution >= 4 is 15.9 Å². The van der Waals surface area contributed by atoms with Crippen molar-refractivity contribution in [2.24, 2.45) is 5.11 Å². The highest BCUT2D eigenvalue weighted by Gasteiger charge is 2.53. The summed E-state index contributed by atoms with van der Waals surface area (Å²) >= 11 is 1.35. The Labute approximate surface area is 91.3 Å². The molecule has 0 saturated carbocycles. The molecule has 0 radical (unpaired) electrons. The molecule has 0 unspecified atom stereocenters. The second kappa shape index (κ2) is 6.14. The van der Waals surface area contributed by atoms with Crippen LogP contribution in [0.15, 0.2) is 5.11 Å². The number of halogens is 5. The van der Waals surface area contributed by atoms with Gasteiger partial charge in [-0.2, -0.15) is 17.6 Å². The van der Waals surface area contributed by atoms with E-state index >= 15 is 0 Å². The predicted molar refractivity (Wildman–Crippen MR) is 48.0 cm³/mol. The van der Waals surface area contributed by atoms with Crippen molar-refractivity contribution in [1.29, 1.82) is 0 Å². The smallest absolute Gasteiger partial charge is 0.381 e. The van der Waals surface area contributed by atoms with Gasteiger partial charge < -0.3 is 4.74 Å². The molecule has 0 N–H and O–H groups in total. The summed E-state index contributed by atoms with van der Waals surface area (Å²) in [6.45, 7) is 2.00. The highest BCUT2D eigenvalue weighted by atomic mass is 79.9. The standard InChI is InChI=1S/C4H8O.C2BrF4N3/c1-2-4-5-3-1;3-1(4,5)2(6,7)9-10-8/h1-4H2;. The van der Waals surface area contributed by atoms with Crippen LogP contribution in [0.2, 0.25) is 0 Å². The molecule has 4 nitrogen and oxygen atoms in total. The Bertz CT molecular complexity index is 227. The monoisotopic (exact) mass is 293 g/mol. The lowest BCUT2D eigenvalue weighted by atomic mass is 10.4. The van der Waals surface area contributed by atoms with E-state index in [0.29, 0.717) is 0 Å². The maximum Gasteiger partial charge on any atom is 0.397 e. The fraction of sp³-hybridized carbons (Fsp3) is 1.00. The fourth-order valence-corrected chi connectivity index (χ4v) is 0.702. The fourth-order valence-electron chi connectivity index (χ4n) is 0.623. The maximum atomic E-state index is 11.7. The first-order valence-electron chi connectivity index (χ1n) is 3.90. The molecule has 1 saturated heterocycles. The summed E-state index contributed by atoms with van der Waals surface area (Å²) in [5.74, 6) is 0. The van der Waals surface area contributed by atoms with E-state index in [1.54, 1.807) is 5.11 Å². The van der Waals surface area contributed by atoms with Gasteiger partial charge in [-0.3, -0.25) is 0 Å². The van der Waals surface area contributed by atoms with Gasteiger partial charge in [0.05, 0.1) is 0 Å². The average molecular weight is 294 g/mol. The van der Waals surface area contributed by atoms with Crippen molar-refractivity contribution in [3.63, 3.8) is 0 Å². The van der Waals surface area contributed by atoms with Crippen LogP contribution in [0.5, 0.6) is 0 Å². The quantitative estimate of drug-likeness (QED) is 0.191. The van der Waals surface area contributed by atoms with E-state index < -0.39 is 10.9 Å². The normalized spacial score (nSPS) is 16.3. The molecule has 0 spiro atoms. The SMILES string of the molecule is C1CCOC1.[N-]=[N+]=NC(F)(F)C(F)(F)Br. The maximum absolute atomic E-state index is 11.7. The average Bonchev–Trinajstić information content (AvgIpc) is 2.57. The number of rotatable bonds is 2. The Balaban J connectivity index is 0.000000322. The number of azide groups is 1. The van der Waals surface area contributed by atoms with Gasteiger partial charge in [0.1, 0.15) is 0 Å². The van der Waals surface area contributed by atoms with E-state index in [1.807, 2.05) is 0 Å². The van der Waals surface area contributed by atoms with Crippen LogP contribution in [0.25, 0.3) is 10.4 Å². The van der Waals surface area contributed by atoms with Crippen LogP contribution in [0.1, 0.15) is 12.8 Å². The van der Waals surface area contributed by atoms with Gasteiger partial charge in [0.15, 0.2) is 0 Å². The van der Waals surface area contributed by atoms with Crippen LogP contribution in [-0.2, 0) is 4.74 Å².